The average molecular weight is 366 g/mol. The monoisotopic (exact) mass is 366 g/mol. The van der Waals surface area contributed by atoms with E-state index >= 15 is 0 Å². The number of furan rings is 2. The number of hydrogen-bond donors (Lipinski definition) is 2. The fourth-order valence-corrected chi connectivity index (χ4v) is 2.99. The first-order valence-electron chi connectivity index (χ1n) is 7.23. The second-order valence-corrected chi connectivity index (χ2v) is 7.12. The predicted molar refractivity (Wildman–Crippen MR) is 97.7 cm³/mol. The summed E-state index contributed by atoms with van der Waals surface area (Å²) >= 11 is 0. The van der Waals surface area contributed by atoms with Crippen molar-refractivity contribution in [1.82, 2.24) is 0 Å². The van der Waals surface area contributed by atoms with Crippen LogP contribution < -0.4 is 11.3 Å². The molecule has 2 heterocycles. The van der Waals surface area contributed by atoms with Gasteiger partial charge in [-0.3, -0.25) is 10.6 Å². The van der Waals surface area contributed by atoms with Crippen LogP contribution in [0.25, 0.3) is 11.2 Å². The standard InChI is InChI=1S/C9H12N2O3S.C6H4O.C2H6O/c1-6(12)9-7(11-10)4-3-5-8(9)15(2,13)14;1-2-6-4-3-5(1)7-6;1-3-2/h3-5,11H,10H2,1-2H3;1-4H;1-2H3. The lowest BCUT2D eigenvalue weighted by Crippen LogP contribution is -2.14. The number of sulfone groups is 1. The third-order valence-electron chi connectivity index (χ3n) is 2.99. The molecule has 2 aromatic heterocycles. The number of benzene rings is 2. The lowest BCUT2D eigenvalue weighted by atomic mass is 10.1. The molecular weight excluding hydrogens is 344 g/mol. The number of hydrazine groups is 1. The number of methoxy groups -OCH3 is 1. The first-order chi connectivity index (χ1) is 11.7. The van der Waals surface area contributed by atoms with Gasteiger partial charge in [-0.2, -0.15) is 0 Å². The number of rotatable bonds is 3. The van der Waals surface area contributed by atoms with Crippen molar-refractivity contribution in [3.63, 3.8) is 0 Å². The largest absolute Gasteiger partial charge is 0.457 e. The zero-order valence-corrected chi connectivity index (χ0v) is 15.4. The molecule has 0 aliphatic carbocycles. The van der Waals surface area contributed by atoms with Crippen molar-refractivity contribution in [2.45, 2.75) is 11.8 Å². The fourth-order valence-electron chi connectivity index (χ4n) is 2.04. The van der Waals surface area contributed by atoms with Crippen molar-refractivity contribution in [2.24, 2.45) is 5.84 Å². The highest BCUT2D eigenvalue weighted by Gasteiger charge is 2.19. The quantitative estimate of drug-likeness (QED) is 0.416. The first-order valence-corrected chi connectivity index (χ1v) is 9.12. The van der Waals surface area contributed by atoms with E-state index in [0.29, 0.717) is 5.69 Å². The SMILES string of the molecule is CC(=O)c1c(NN)cccc1S(C)(=O)=O.COC.c1cc2ccc1o2. The van der Waals surface area contributed by atoms with Gasteiger partial charge in [0.1, 0.15) is 11.2 Å². The number of ketones is 1. The van der Waals surface area contributed by atoms with Gasteiger partial charge in [-0.15, -0.1) is 0 Å². The molecule has 0 radical (unpaired) electrons. The van der Waals surface area contributed by atoms with Crippen molar-refractivity contribution < 1.29 is 22.4 Å². The molecule has 1 aromatic carbocycles. The normalized spacial score (nSPS) is 10.4. The number of carbonyl (C=O) groups is 1. The number of carbonyl (C=O) groups excluding carboxylic acids is 1. The number of Topliss-reactive ketones (excluding diaryl/α,β-unsaturated/α-hetero) is 1. The molecule has 0 spiro atoms. The molecule has 0 aliphatic heterocycles. The Balaban J connectivity index is 0.000000254. The number of nitrogen functional groups attached to an aromatic ring is 1. The Kier molecular flexibility index (Phi) is 7.56. The molecular formula is C17H22N2O5S. The summed E-state index contributed by atoms with van der Waals surface area (Å²) in [6.45, 7) is 1.30. The number of nitrogens with two attached hydrogens (primary N) is 1. The van der Waals surface area contributed by atoms with Gasteiger partial charge in [0, 0.05) is 20.5 Å². The summed E-state index contributed by atoms with van der Waals surface area (Å²) in [6, 6.07) is 12.3. The molecule has 0 aliphatic rings. The minimum absolute atomic E-state index is 0.00884. The summed E-state index contributed by atoms with van der Waals surface area (Å²) in [6.07, 6.45) is 1.05. The van der Waals surface area contributed by atoms with Gasteiger partial charge in [0.15, 0.2) is 15.6 Å². The zero-order chi connectivity index (χ0) is 19.0. The topological polar surface area (TPSA) is 112 Å². The lowest BCUT2D eigenvalue weighted by molar-refractivity contribution is 0.101. The highest BCUT2D eigenvalue weighted by atomic mass is 32.2. The highest BCUT2D eigenvalue weighted by Crippen LogP contribution is 2.23. The van der Waals surface area contributed by atoms with Crippen molar-refractivity contribution in [3.8, 4) is 0 Å². The third kappa shape index (κ3) is 5.86. The van der Waals surface area contributed by atoms with Crippen LogP contribution in [-0.4, -0.2) is 34.7 Å². The van der Waals surface area contributed by atoms with E-state index in [4.69, 9.17) is 10.3 Å². The minimum atomic E-state index is -3.43. The van der Waals surface area contributed by atoms with E-state index in [2.05, 4.69) is 10.2 Å². The maximum atomic E-state index is 11.4. The van der Waals surface area contributed by atoms with Crippen LogP contribution in [0.4, 0.5) is 5.69 Å². The van der Waals surface area contributed by atoms with E-state index in [1.165, 1.54) is 19.1 Å². The van der Waals surface area contributed by atoms with Gasteiger partial charge < -0.3 is 14.6 Å². The molecule has 3 aromatic rings. The molecule has 0 fully saturated rings. The van der Waals surface area contributed by atoms with E-state index in [0.717, 1.165) is 17.4 Å². The highest BCUT2D eigenvalue weighted by molar-refractivity contribution is 7.90. The summed E-state index contributed by atoms with van der Waals surface area (Å²) < 4.78 is 32.1. The number of nitrogens with one attached hydrogen (secondary N) is 1. The second-order valence-electron chi connectivity index (χ2n) is 5.13. The minimum Gasteiger partial charge on any atom is -0.457 e. The Morgan fingerprint density at radius 2 is 1.56 bits per heavy atom. The van der Waals surface area contributed by atoms with Gasteiger partial charge in [-0.05, 0) is 43.3 Å². The zero-order valence-electron chi connectivity index (χ0n) is 14.6. The summed E-state index contributed by atoms with van der Waals surface area (Å²) in [5.41, 5.74) is 4.65. The lowest BCUT2D eigenvalue weighted by Gasteiger charge is -2.10. The Morgan fingerprint density at radius 1 is 1.08 bits per heavy atom. The third-order valence-corrected chi connectivity index (χ3v) is 4.13. The molecule has 7 nitrogen and oxygen atoms in total. The van der Waals surface area contributed by atoms with Crippen molar-refractivity contribution in [3.05, 3.63) is 48.0 Å². The molecule has 0 unspecified atom stereocenters. The summed E-state index contributed by atoms with van der Waals surface area (Å²) in [7, 11) is -0.177. The van der Waals surface area contributed by atoms with Gasteiger partial charge in [0.25, 0.3) is 0 Å². The Bertz CT molecular complexity index is 857. The van der Waals surface area contributed by atoms with Gasteiger partial charge in [0.2, 0.25) is 0 Å². The van der Waals surface area contributed by atoms with Crippen molar-refractivity contribution >= 4 is 32.5 Å². The summed E-state index contributed by atoms with van der Waals surface area (Å²) in [5.74, 6) is 4.86. The smallest absolute Gasteiger partial charge is 0.176 e. The molecule has 0 atom stereocenters. The van der Waals surface area contributed by atoms with Crippen LogP contribution >= 0.6 is 0 Å². The Hall–Kier alpha value is -2.42. The molecule has 136 valence electrons. The molecule has 0 amide bonds. The van der Waals surface area contributed by atoms with E-state index in [1.807, 2.05) is 24.3 Å². The second kappa shape index (κ2) is 9.16. The maximum absolute atomic E-state index is 11.4. The number of fused-ring (bicyclic) bond motifs is 2. The van der Waals surface area contributed by atoms with Gasteiger partial charge in [-0.25, -0.2) is 8.42 Å². The molecule has 0 saturated heterocycles. The van der Waals surface area contributed by atoms with Gasteiger partial charge >= 0.3 is 0 Å². The van der Waals surface area contributed by atoms with Crippen LogP contribution in [0.3, 0.4) is 0 Å². The molecule has 2 bridgehead atoms. The van der Waals surface area contributed by atoms with Gasteiger partial charge in [0.05, 0.1) is 16.1 Å². The summed E-state index contributed by atoms with van der Waals surface area (Å²) in [5, 5.41) is 0. The number of hydrogen-bond acceptors (Lipinski definition) is 7. The van der Waals surface area contributed by atoms with Crippen LogP contribution in [0.2, 0.25) is 0 Å². The van der Waals surface area contributed by atoms with Crippen molar-refractivity contribution in [1.29, 1.82) is 0 Å². The van der Waals surface area contributed by atoms with E-state index in [1.54, 1.807) is 20.3 Å². The van der Waals surface area contributed by atoms with E-state index in [9.17, 15) is 13.2 Å². The van der Waals surface area contributed by atoms with Crippen LogP contribution in [0.5, 0.6) is 0 Å². The average Bonchev–Trinajstić information content (AvgIpc) is 3.20. The predicted octanol–water partition coefficient (Wildman–Crippen LogP) is 2.71. The maximum Gasteiger partial charge on any atom is 0.176 e. The summed E-state index contributed by atoms with van der Waals surface area (Å²) in [4.78, 5) is 11.3. The van der Waals surface area contributed by atoms with Crippen LogP contribution in [-0.2, 0) is 14.6 Å². The molecule has 0 saturated carbocycles. The fraction of sp³-hybridized carbons (Fsp3) is 0.235. The van der Waals surface area contributed by atoms with E-state index < -0.39 is 9.84 Å². The van der Waals surface area contributed by atoms with Crippen molar-refractivity contribution in [2.75, 3.05) is 25.9 Å². The first kappa shape index (κ1) is 20.6. The van der Waals surface area contributed by atoms with Crippen LogP contribution in [0.1, 0.15) is 17.3 Å². The van der Waals surface area contributed by atoms with E-state index in [-0.39, 0.29) is 16.2 Å². The number of ether oxygens (including phenoxy) is 1. The Morgan fingerprint density at radius 3 is 1.84 bits per heavy atom. The van der Waals surface area contributed by atoms with Crippen LogP contribution in [0, 0.1) is 0 Å². The number of anilines is 1. The van der Waals surface area contributed by atoms with Gasteiger partial charge in [-0.1, -0.05) is 6.07 Å². The molecule has 3 N–H and O–H groups in total. The molecule has 8 heteroatoms. The molecule has 3 rings (SSSR count). The molecule has 25 heavy (non-hydrogen) atoms. The van der Waals surface area contributed by atoms with Crippen LogP contribution in [0.15, 0.2) is 51.8 Å². The Labute approximate surface area is 147 Å².